The Morgan fingerprint density at radius 2 is 1.66 bits per heavy atom. The van der Waals surface area contributed by atoms with E-state index in [1.54, 1.807) is 42.5 Å². The average molecular weight is 502 g/mol. The van der Waals surface area contributed by atoms with Crippen LogP contribution >= 0.6 is 0 Å². The molecule has 0 saturated heterocycles. The lowest BCUT2D eigenvalue weighted by Gasteiger charge is -2.18. The smallest absolute Gasteiger partial charge is 0.360 e. The Bertz CT molecular complexity index is 1450. The maximum atomic E-state index is 13.5. The lowest BCUT2D eigenvalue weighted by molar-refractivity contribution is -0.136. The van der Waals surface area contributed by atoms with E-state index in [-0.39, 0.29) is 27.1 Å². The molecule has 6 nitrogen and oxygen atoms in total. The molecule has 4 N–H and O–H groups in total. The van der Waals surface area contributed by atoms with Gasteiger partial charge in [0.25, 0.3) is 0 Å². The van der Waals surface area contributed by atoms with Crippen molar-refractivity contribution < 1.29 is 26.4 Å². The highest BCUT2D eigenvalue weighted by atomic mass is 32.2. The van der Waals surface area contributed by atoms with Gasteiger partial charge in [-0.15, -0.1) is 0 Å². The van der Waals surface area contributed by atoms with Gasteiger partial charge in [-0.2, -0.15) is 13.2 Å². The molecular weight excluding hydrogens is 479 g/mol. The number of H-pyrrole nitrogens is 1. The van der Waals surface area contributed by atoms with E-state index in [9.17, 15) is 26.4 Å². The maximum absolute atomic E-state index is 13.5. The number of sulfonamides is 1. The molecule has 0 amide bonds. The van der Waals surface area contributed by atoms with Crippen molar-refractivity contribution in [1.82, 2.24) is 10.3 Å². The number of aromatic nitrogens is 1. The Labute approximate surface area is 200 Å². The number of fused-ring (bicyclic) bond motifs is 1. The zero-order chi connectivity index (χ0) is 25.2. The van der Waals surface area contributed by atoms with Gasteiger partial charge in [-0.25, -0.2) is 13.6 Å². The molecule has 4 aromatic rings. The van der Waals surface area contributed by atoms with Crippen LogP contribution in [0.1, 0.15) is 33.1 Å². The van der Waals surface area contributed by atoms with E-state index in [1.807, 2.05) is 0 Å². The van der Waals surface area contributed by atoms with Crippen molar-refractivity contribution in [3.63, 3.8) is 0 Å². The number of Topliss-reactive ketones (excluding diaryl/α,β-unsaturated/α-hetero) is 1. The fourth-order valence-electron chi connectivity index (χ4n) is 3.96. The lowest BCUT2D eigenvalue weighted by atomic mass is 9.96. The number of halogens is 3. The number of ketones is 1. The number of rotatable bonds is 8. The Morgan fingerprint density at radius 3 is 2.29 bits per heavy atom. The summed E-state index contributed by atoms with van der Waals surface area (Å²) in [7, 11) is -3.79. The molecule has 0 aliphatic carbocycles. The predicted molar refractivity (Wildman–Crippen MR) is 126 cm³/mol. The summed E-state index contributed by atoms with van der Waals surface area (Å²) in [4.78, 5) is 16.2. The molecule has 0 fully saturated rings. The first kappa shape index (κ1) is 24.6. The van der Waals surface area contributed by atoms with Crippen LogP contribution in [0.2, 0.25) is 0 Å². The van der Waals surface area contributed by atoms with Crippen molar-refractivity contribution in [3.05, 3.63) is 101 Å². The van der Waals surface area contributed by atoms with Gasteiger partial charge < -0.3 is 10.3 Å². The first-order valence-corrected chi connectivity index (χ1v) is 12.2. The molecule has 0 aliphatic heterocycles. The molecule has 10 heteroatoms. The number of alkyl halides is 3. The summed E-state index contributed by atoms with van der Waals surface area (Å²) < 4.78 is 63.1. The normalized spacial score (nSPS) is 13.1. The molecular formula is C25H22F3N3O3S. The zero-order valence-corrected chi connectivity index (χ0v) is 19.2. The molecule has 182 valence electrons. The Morgan fingerprint density at radius 1 is 0.971 bits per heavy atom. The first-order chi connectivity index (χ1) is 16.6. The van der Waals surface area contributed by atoms with Gasteiger partial charge in [0.05, 0.1) is 22.0 Å². The second-order valence-corrected chi connectivity index (χ2v) is 9.59. The minimum Gasteiger partial charge on any atom is -0.360 e. The molecule has 0 aliphatic rings. The number of hydrogen-bond acceptors (Lipinski definition) is 4. The Hall–Kier alpha value is -3.47. The second kappa shape index (κ2) is 9.65. The Balaban J connectivity index is 1.59. The highest BCUT2D eigenvalue weighted by molar-refractivity contribution is 7.89. The molecule has 4 rings (SSSR count). The fraction of sp³-hybridized carbons (Fsp3) is 0.160. The van der Waals surface area contributed by atoms with Crippen LogP contribution in [-0.2, 0) is 22.6 Å². The minimum absolute atomic E-state index is 0.00381. The second-order valence-electron chi connectivity index (χ2n) is 8.03. The van der Waals surface area contributed by atoms with E-state index in [0.29, 0.717) is 18.5 Å². The molecule has 1 heterocycles. The number of benzene rings is 3. The van der Waals surface area contributed by atoms with Crippen LogP contribution in [0.25, 0.3) is 10.9 Å². The maximum Gasteiger partial charge on any atom is 0.418 e. The van der Waals surface area contributed by atoms with Crippen LogP contribution < -0.4 is 10.5 Å². The van der Waals surface area contributed by atoms with E-state index in [1.165, 1.54) is 30.5 Å². The number of carbonyl (C=O) groups excluding carboxylic acids is 1. The fourth-order valence-corrected chi connectivity index (χ4v) is 4.48. The number of aromatic amines is 1. The van der Waals surface area contributed by atoms with Crippen molar-refractivity contribution in [2.45, 2.75) is 23.5 Å². The highest BCUT2D eigenvalue weighted by Crippen LogP contribution is 2.36. The lowest BCUT2D eigenvalue weighted by Crippen LogP contribution is -2.30. The van der Waals surface area contributed by atoms with Gasteiger partial charge in [0.1, 0.15) is 0 Å². The number of nitrogens with one attached hydrogen (secondary N) is 2. The number of nitrogens with two attached hydrogens (primary N) is 1. The van der Waals surface area contributed by atoms with Gasteiger partial charge in [-0.3, -0.25) is 4.79 Å². The standard InChI is InChI=1S/C25H22F3N3O3S/c26-25(27,28)21-8-4-7-19-20(15-31-23(19)21)24(32)22(17-5-2-1-3-6-17)30-14-13-16-9-11-18(12-10-16)35(29,33)34/h1-12,15,22,30-31H,13-14H2,(H2,29,33,34)/t22-/m0/s1. The third kappa shape index (κ3) is 5.45. The van der Waals surface area contributed by atoms with E-state index >= 15 is 0 Å². The quantitative estimate of drug-likeness (QED) is 0.307. The predicted octanol–water partition coefficient (Wildman–Crippen LogP) is 4.59. The molecule has 3 aromatic carbocycles. The summed E-state index contributed by atoms with van der Waals surface area (Å²) in [6, 6.07) is 17.9. The molecule has 1 aromatic heterocycles. The SMILES string of the molecule is NS(=O)(=O)c1ccc(CCN[C@H](C(=O)c2c[nH]c3c(C(F)(F)F)cccc23)c2ccccc2)cc1. The molecule has 0 bridgehead atoms. The largest absolute Gasteiger partial charge is 0.418 e. The van der Waals surface area contributed by atoms with Gasteiger partial charge in [0.2, 0.25) is 10.0 Å². The highest BCUT2D eigenvalue weighted by Gasteiger charge is 2.34. The molecule has 0 spiro atoms. The van der Waals surface area contributed by atoms with Crippen molar-refractivity contribution in [1.29, 1.82) is 0 Å². The number of primary sulfonamides is 1. The number of carbonyl (C=O) groups is 1. The summed E-state index contributed by atoms with van der Waals surface area (Å²) >= 11 is 0. The summed E-state index contributed by atoms with van der Waals surface area (Å²) in [6.45, 7) is 0.357. The molecule has 0 saturated carbocycles. The van der Waals surface area contributed by atoms with Crippen LogP contribution in [0.15, 0.2) is 83.9 Å². The summed E-state index contributed by atoms with van der Waals surface area (Å²) in [5.41, 5.74) is 0.686. The van der Waals surface area contributed by atoms with Crippen LogP contribution in [0.3, 0.4) is 0 Å². The van der Waals surface area contributed by atoms with Gasteiger partial charge in [-0.05, 0) is 35.7 Å². The monoisotopic (exact) mass is 501 g/mol. The molecule has 35 heavy (non-hydrogen) atoms. The van der Waals surface area contributed by atoms with Gasteiger partial charge in [0, 0.05) is 23.7 Å². The number of para-hydroxylation sites is 1. The summed E-state index contributed by atoms with van der Waals surface area (Å²) in [5, 5.41) is 8.52. The van der Waals surface area contributed by atoms with Crippen molar-refractivity contribution in [2.24, 2.45) is 5.14 Å². The topological polar surface area (TPSA) is 105 Å². The van der Waals surface area contributed by atoms with E-state index in [4.69, 9.17) is 5.14 Å². The summed E-state index contributed by atoms with van der Waals surface area (Å²) in [5.74, 6) is -0.369. The average Bonchev–Trinajstić information content (AvgIpc) is 3.25. The molecule has 0 unspecified atom stereocenters. The van der Waals surface area contributed by atoms with E-state index in [0.717, 1.165) is 11.6 Å². The third-order valence-corrected chi connectivity index (χ3v) is 6.62. The minimum atomic E-state index is -4.56. The molecule has 0 radical (unpaired) electrons. The summed E-state index contributed by atoms with van der Waals surface area (Å²) in [6.07, 6.45) is -2.76. The molecule has 1 atom stereocenters. The third-order valence-electron chi connectivity index (χ3n) is 5.70. The van der Waals surface area contributed by atoms with Gasteiger partial charge >= 0.3 is 6.18 Å². The van der Waals surface area contributed by atoms with E-state index in [2.05, 4.69) is 10.3 Å². The van der Waals surface area contributed by atoms with Gasteiger partial charge in [0.15, 0.2) is 5.78 Å². The van der Waals surface area contributed by atoms with Crippen molar-refractivity contribution in [2.75, 3.05) is 6.54 Å². The van der Waals surface area contributed by atoms with Crippen LogP contribution in [-0.4, -0.2) is 25.7 Å². The van der Waals surface area contributed by atoms with Crippen molar-refractivity contribution >= 4 is 26.7 Å². The van der Waals surface area contributed by atoms with Crippen LogP contribution in [0.5, 0.6) is 0 Å². The van der Waals surface area contributed by atoms with Crippen molar-refractivity contribution in [3.8, 4) is 0 Å². The number of hydrogen-bond donors (Lipinski definition) is 3. The van der Waals surface area contributed by atoms with Gasteiger partial charge in [-0.1, -0.05) is 54.6 Å². The van der Waals surface area contributed by atoms with E-state index < -0.39 is 27.8 Å². The first-order valence-electron chi connectivity index (χ1n) is 10.7. The zero-order valence-electron chi connectivity index (χ0n) is 18.3. The van der Waals surface area contributed by atoms with Crippen LogP contribution in [0.4, 0.5) is 13.2 Å². The van der Waals surface area contributed by atoms with Crippen LogP contribution in [0, 0.1) is 0 Å². The Kier molecular flexibility index (Phi) is 6.79.